The van der Waals surface area contributed by atoms with Gasteiger partial charge in [-0.3, -0.25) is 14.7 Å². The largest absolute Gasteiger partial charge is 0.346 e. The van der Waals surface area contributed by atoms with Gasteiger partial charge in [0.1, 0.15) is 0 Å². The van der Waals surface area contributed by atoms with E-state index < -0.39 is 9.84 Å². The van der Waals surface area contributed by atoms with Crippen LogP contribution in [0.3, 0.4) is 0 Å². The minimum absolute atomic E-state index is 0.106. The molecule has 1 N–H and O–H groups in total. The molecule has 1 amide bonds. The van der Waals surface area contributed by atoms with Crippen molar-refractivity contribution >= 4 is 15.7 Å². The molecule has 0 unspecified atom stereocenters. The molecule has 10 heteroatoms. The molecule has 0 spiro atoms. The Bertz CT molecular complexity index is 837. The van der Waals surface area contributed by atoms with Crippen LogP contribution in [0.5, 0.6) is 0 Å². The Kier molecular flexibility index (Phi) is 5.09. The number of amides is 1. The van der Waals surface area contributed by atoms with Gasteiger partial charge in [0.2, 0.25) is 17.6 Å². The summed E-state index contributed by atoms with van der Waals surface area (Å²) in [4.78, 5) is 22.0. The van der Waals surface area contributed by atoms with Crippen molar-refractivity contribution in [2.75, 3.05) is 25.1 Å². The molecule has 0 aliphatic carbocycles. The highest BCUT2D eigenvalue weighted by Gasteiger charge is 2.31. The van der Waals surface area contributed by atoms with E-state index in [0.29, 0.717) is 18.1 Å². The first-order valence-corrected chi connectivity index (χ1v) is 9.65. The maximum absolute atomic E-state index is 12.0. The first-order valence-electron chi connectivity index (χ1n) is 7.83. The average molecular weight is 365 g/mol. The first-order chi connectivity index (χ1) is 11.9. The molecule has 25 heavy (non-hydrogen) atoms. The van der Waals surface area contributed by atoms with Crippen LogP contribution in [0.2, 0.25) is 0 Å². The van der Waals surface area contributed by atoms with Gasteiger partial charge < -0.3 is 9.84 Å². The monoisotopic (exact) mass is 365 g/mol. The number of aromatic nitrogens is 3. The predicted octanol–water partition coefficient (Wildman–Crippen LogP) is -0.133. The van der Waals surface area contributed by atoms with Crippen LogP contribution < -0.4 is 5.32 Å². The summed E-state index contributed by atoms with van der Waals surface area (Å²) in [6.07, 6.45) is 3.83. The van der Waals surface area contributed by atoms with Crippen molar-refractivity contribution in [1.82, 2.24) is 25.3 Å². The summed E-state index contributed by atoms with van der Waals surface area (Å²) in [5.74, 6) is 0.759. The number of nitrogens with one attached hydrogen (secondary N) is 1. The van der Waals surface area contributed by atoms with Gasteiger partial charge in [0.15, 0.2) is 9.84 Å². The van der Waals surface area contributed by atoms with E-state index in [-0.39, 0.29) is 36.5 Å². The highest BCUT2D eigenvalue weighted by molar-refractivity contribution is 7.91. The molecular formula is C15H19N5O4S. The zero-order chi connectivity index (χ0) is 17.9. The molecule has 2 aromatic heterocycles. The Morgan fingerprint density at radius 3 is 3.00 bits per heavy atom. The van der Waals surface area contributed by atoms with Gasteiger partial charge in [0.05, 0.1) is 24.6 Å². The Morgan fingerprint density at radius 2 is 2.32 bits per heavy atom. The molecular weight excluding hydrogens is 346 g/mol. The Balaban J connectivity index is 1.49. The van der Waals surface area contributed by atoms with E-state index >= 15 is 0 Å². The number of sulfone groups is 1. The van der Waals surface area contributed by atoms with Crippen molar-refractivity contribution in [2.24, 2.45) is 0 Å². The van der Waals surface area contributed by atoms with Gasteiger partial charge in [0, 0.05) is 24.0 Å². The number of likely N-dealkylation sites (N-methyl/N-ethyl adjacent to an activating group) is 1. The second-order valence-corrected chi connectivity index (χ2v) is 8.23. The van der Waals surface area contributed by atoms with E-state index in [2.05, 4.69) is 20.4 Å². The molecule has 3 heterocycles. The van der Waals surface area contributed by atoms with Crippen LogP contribution in [-0.2, 0) is 21.2 Å². The third kappa shape index (κ3) is 4.60. The van der Waals surface area contributed by atoms with E-state index in [9.17, 15) is 13.2 Å². The van der Waals surface area contributed by atoms with E-state index in [1.165, 1.54) is 0 Å². The molecule has 0 radical (unpaired) electrons. The number of carbonyl (C=O) groups excluding carboxylic acids is 1. The van der Waals surface area contributed by atoms with Gasteiger partial charge in [-0.15, -0.1) is 0 Å². The van der Waals surface area contributed by atoms with Crippen LogP contribution in [0.4, 0.5) is 0 Å². The second kappa shape index (κ2) is 7.28. The lowest BCUT2D eigenvalue weighted by Gasteiger charge is -2.21. The highest BCUT2D eigenvalue weighted by Crippen LogP contribution is 2.16. The summed E-state index contributed by atoms with van der Waals surface area (Å²) >= 11 is 0. The Hall–Kier alpha value is -2.33. The molecule has 0 saturated carbocycles. The number of hydrogen-bond acceptors (Lipinski definition) is 8. The number of hydrogen-bond donors (Lipinski definition) is 1. The number of rotatable bonds is 6. The standard InChI is InChI=1S/C15H19N5O4S/c1-20(12-4-6-25(22,23)10-12)9-13(21)17-8-14-18-15(19-24-14)11-3-2-5-16-7-11/h2-3,5,7,12H,4,6,8-10H2,1H3,(H,17,21)/t12-/m0/s1. The SMILES string of the molecule is CN(CC(=O)NCc1nc(-c2cccnc2)no1)[C@H]1CCS(=O)(=O)C1. The average Bonchev–Trinajstić information content (AvgIpc) is 3.20. The summed E-state index contributed by atoms with van der Waals surface area (Å²) in [7, 11) is -1.22. The minimum atomic E-state index is -2.97. The molecule has 2 aromatic rings. The smallest absolute Gasteiger partial charge is 0.246 e. The van der Waals surface area contributed by atoms with Crippen molar-refractivity contribution in [2.45, 2.75) is 19.0 Å². The predicted molar refractivity (Wildman–Crippen MR) is 89.1 cm³/mol. The molecule has 134 valence electrons. The van der Waals surface area contributed by atoms with Crippen molar-refractivity contribution in [1.29, 1.82) is 0 Å². The van der Waals surface area contributed by atoms with Crippen molar-refractivity contribution in [3.63, 3.8) is 0 Å². The second-order valence-electron chi connectivity index (χ2n) is 6.00. The Labute approximate surface area is 145 Å². The lowest BCUT2D eigenvalue weighted by Crippen LogP contribution is -2.41. The van der Waals surface area contributed by atoms with Crippen LogP contribution in [0.25, 0.3) is 11.4 Å². The molecule has 1 atom stereocenters. The fourth-order valence-corrected chi connectivity index (χ4v) is 4.45. The number of nitrogens with zero attached hydrogens (tertiary/aromatic N) is 4. The molecule has 0 aromatic carbocycles. The van der Waals surface area contributed by atoms with Gasteiger partial charge in [-0.25, -0.2) is 8.42 Å². The summed E-state index contributed by atoms with van der Waals surface area (Å²) in [5, 5.41) is 6.55. The van der Waals surface area contributed by atoms with E-state index in [1.54, 1.807) is 30.4 Å². The van der Waals surface area contributed by atoms with Crippen LogP contribution >= 0.6 is 0 Å². The van der Waals surface area contributed by atoms with Gasteiger partial charge >= 0.3 is 0 Å². The molecule has 9 nitrogen and oxygen atoms in total. The van der Waals surface area contributed by atoms with Gasteiger partial charge in [-0.2, -0.15) is 4.98 Å². The highest BCUT2D eigenvalue weighted by atomic mass is 32.2. The van der Waals surface area contributed by atoms with Gasteiger partial charge in [-0.1, -0.05) is 5.16 Å². The Morgan fingerprint density at radius 1 is 1.48 bits per heavy atom. The van der Waals surface area contributed by atoms with Crippen LogP contribution in [-0.4, -0.2) is 65.5 Å². The van der Waals surface area contributed by atoms with Gasteiger partial charge in [0.25, 0.3) is 0 Å². The fourth-order valence-electron chi connectivity index (χ4n) is 2.65. The molecule has 1 aliphatic rings. The summed E-state index contributed by atoms with van der Waals surface area (Å²) in [6.45, 7) is 0.229. The van der Waals surface area contributed by atoms with Crippen LogP contribution in [0.1, 0.15) is 12.3 Å². The molecule has 3 rings (SSSR count). The summed E-state index contributed by atoms with van der Waals surface area (Å²) in [6, 6.07) is 3.47. The lowest BCUT2D eigenvalue weighted by molar-refractivity contribution is -0.122. The number of carbonyl (C=O) groups is 1. The first kappa shape index (κ1) is 17.5. The maximum atomic E-state index is 12.0. The summed E-state index contributed by atoms with van der Waals surface area (Å²) < 4.78 is 28.1. The summed E-state index contributed by atoms with van der Waals surface area (Å²) in [5.41, 5.74) is 0.728. The van der Waals surface area contributed by atoms with Crippen molar-refractivity contribution in [3.8, 4) is 11.4 Å². The normalized spacial score (nSPS) is 19.2. The van der Waals surface area contributed by atoms with E-state index in [0.717, 1.165) is 5.56 Å². The van der Waals surface area contributed by atoms with Crippen molar-refractivity contribution in [3.05, 3.63) is 30.4 Å². The molecule has 1 aliphatic heterocycles. The topological polar surface area (TPSA) is 118 Å². The zero-order valence-corrected chi connectivity index (χ0v) is 14.6. The zero-order valence-electron chi connectivity index (χ0n) is 13.8. The minimum Gasteiger partial charge on any atom is -0.346 e. The molecule has 1 saturated heterocycles. The maximum Gasteiger partial charge on any atom is 0.246 e. The van der Waals surface area contributed by atoms with Crippen LogP contribution in [0, 0.1) is 0 Å². The third-order valence-electron chi connectivity index (χ3n) is 4.05. The van der Waals surface area contributed by atoms with Crippen molar-refractivity contribution < 1.29 is 17.7 Å². The molecule has 1 fully saturated rings. The van der Waals surface area contributed by atoms with E-state index in [1.807, 2.05) is 6.07 Å². The molecule has 0 bridgehead atoms. The fraction of sp³-hybridized carbons (Fsp3) is 0.467. The van der Waals surface area contributed by atoms with Crippen LogP contribution in [0.15, 0.2) is 29.0 Å². The lowest BCUT2D eigenvalue weighted by atomic mass is 10.2. The third-order valence-corrected chi connectivity index (χ3v) is 5.80. The van der Waals surface area contributed by atoms with Gasteiger partial charge in [-0.05, 0) is 25.6 Å². The van der Waals surface area contributed by atoms with E-state index in [4.69, 9.17) is 4.52 Å². The number of pyridine rings is 1. The quantitative estimate of drug-likeness (QED) is 0.752.